The van der Waals surface area contributed by atoms with E-state index >= 15 is 0 Å². The molecule has 0 spiro atoms. The normalized spacial score (nSPS) is 28.5. The van der Waals surface area contributed by atoms with Crippen molar-refractivity contribution in [1.82, 2.24) is 0 Å². The molecule has 2 aliphatic carbocycles. The van der Waals surface area contributed by atoms with Crippen molar-refractivity contribution in [2.24, 2.45) is 23.7 Å². The van der Waals surface area contributed by atoms with E-state index in [1.54, 1.807) is 0 Å². The second-order valence-electron chi connectivity index (χ2n) is 10.4. The summed E-state index contributed by atoms with van der Waals surface area (Å²) in [5.41, 5.74) is -0.567. The van der Waals surface area contributed by atoms with Gasteiger partial charge < -0.3 is 9.47 Å². The lowest BCUT2D eigenvalue weighted by Crippen LogP contribution is -2.27. The molecule has 1 saturated heterocycles. The quantitative estimate of drug-likeness (QED) is 0.223. The number of benzene rings is 2. The Morgan fingerprint density at radius 1 is 0.771 bits per heavy atom. The third kappa shape index (κ3) is 5.13. The summed E-state index contributed by atoms with van der Waals surface area (Å²) in [7, 11) is 0. The number of hydrogen-bond acceptors (Lipinski definition) is 2. The molecule has 0 radical (unpaired) electrons. The van der Waals surface area contributed by atoms with E-state index in [-0.39, 0.29) is 22.4 Å². The Morgan fingerprint density at radius 2 is 1.34 bits per heavy atom. The number of epoxide rings is 1. The molecule has 0 amide bonds. The molecule has 2 saturated carbocycles. The SMILES string of the molecule is C=CC1CCC(C2CCC(COc3ccc(-c4ccc(C5CO5)c(F)c4F)c(F)c3F)CC2)CC1. The summed E-state index contributed by atoms with van der Waals surface area (Å²) in [4.78, 5) is 0. The van der Waals surface area contributed by atoms with Gasteiger partial charge in [0.05, 0.1) is 13.2 Å². The Morgan fingerprint density at radius 3 is 1.94 bits per heavy atom. The smallest absolute Gasteiger partial charge is 0.201 e. The van der Waals surface area contributed by atoms with Crippen LogP contribution in [0, 0.1) is 46.9 Å². The molecular weight excluding hydrogens is 456 g/mol. The van der Waals surface area contributed by atoms with E-state index in [0.717, 1.165) is 37.5 Å². The zero-order chi connectivity index (χ0) is 24.5. The lowest BCUT2D eigenvalue weighted by Gasteiger charge is -2.37. The number of allylic oxidation sites excluding steroid dienone is 1. The molecule has 2 nitrogen and oxygen atoms in total. The van der Waals surface area contributed by atoms with Crippen LogP contribution in [0.4, 0.5) is 17.6 Å². The maximum absolute atomic E-state index is 14.8. The van der Waals surface area contributed by atoms with Crippen molar-refractivity contribution in [2.75, 3.05) is 13.2 Å². The highest BCUT2D eigenvalue weighted by molar-refractivity contribution is 5.66. The Kier molecular flexibility index (Phi) is 7.19. The highest BCUT2D eigenvalue weighted by Gasteiger charge is 2.32. The fourth-order valence-corrected chi connectivity index (χ4v) is 5.99. The van der Waals surface area contributed by atoms with Gasteiger partial charge in [-0.15, -0.1) is 6.58 Å². The average molecular weight is 489 g/mol. The predicted octanol–water partition coefficient (Wildman–Crippen LogP) is 8.16. The van der Waals surface area contributed by atoms with Crippen LogP contribution in [0.2, 0.25) is 0 Å². The van der Waals surface area contributed by atoms with Crippen LogP contribution >= 0.6 is 0 Å². The first-order chi connectivity index (χ1) is 17.0. The molecule has 1 atom stereocenters. The van der Waals surface area contributed by atoms with Gasteiger partial charge in [0.25, 0.3) is 0 Å². The molecule has 188 valence electrons. The molecule has 3 aliphatic rings. The molecule has 1 heterocycles. The summed E-state index contributed by atoms with van der Waals surface area (Å²) in [5, 5.41) is 0. The number of ether oxygens (including phenoxy) is 2. The van der Waals surface area contributed by atoms with Gasteiger partial charge in [-0.25, -0.2) is 13.2 Å². The fourth-order valence-electron chi connectivity index (χ4n) is 5.99. The largest absolute Gasteiger partial charge is 0.490 e. The molecule has 3 fully saturated rings. The highest BCUT2D eigenvalue weighted by atomic mass is 19.2. The molecule has 2 aromatic rings. The highest BCUT2D eigenvalue weighted by Crippen LogP contribution is 2.42. The molecule has 6 heteroatoms. The van der Waals surface area contributed by atoms with Crippen LogP contribution in [0.15, 0.2) is 36.9 Å². The predicted molar refractivity (Wildman–Crippen MR) is 127 cm³/mol. The lowest BCUT2D eigenvalue weighted by atomic mass is 9.69. The van der Waals surface area contributed by atoms with E-state index in [2.05, 4.69) is 12.7 Å². The lowest BCUT2D eigenvalue weighted by molar-refractivity contribution is 0.127. The first-order valence-electron chi connectivity index (χ1n) is 12.8. The monoisotopic (exact) mass is 488 g/mol. The van der Waals surface area contributed by atoms with Gasteiger partial charge in [-0.05, 0) is 87.2 Å². The third-order valence-electron chi connectivity index (χ3n) is 8.31. The van der Waals surface area contributed by atoms with Gasteiger partial charge in [0.15, 0.2) is 23.2 Å². The first-order valence-corrected chi connectivity index (χ1v) is 12.8. The van der Waals surface area contributed by atoms with Crippen LogP contribution in [0.25, 0.3) is 11.1 Å². The fraction of sp³-hybridized carbons (Fsp3) is 0.517. The van der Waals surface area contributed by atoms with E-state index < -0.39 is 29.4 Å². The summed E-state index contributed by atoms with van der Waals surface area (Å²) in [6, 6.07) is 5.16. The minimum atomic E-state index is -1.24. The van der Waals surface area contributed by atoms with Gasteiger partial charge >= 0.3 is 0 Å². The van der Waals surface area contributed by atoms with Crippen molar-refractivity contribution in [3.63, 3.8) is 0 Å². The number of hydrogen-bond donors (Lipinski definition) is 0. The topological polar surface area (TPSA) is 21.8 Å². The van der Waals surface area contributed by atoms with E-state index in [0.29, 0.717) is 25.0 Å². The van der Waals surface area contributed by atoms with Crippen molar-refractivity contribution in [2.45, 2.75) is 57.5 Å². The van der Waals surface area contributed by atoms with E-state index in [4.69, 9.17) is 9.47 Å². The molecule has 1 aliphatic heterocycles. The Balaban J connectivity index is 1.18. The second-order valence-corrected chi connectivity index (χ2v) is 10.4. The van der Waals surface area contributed by atoms with Crippen molar-refractivity contribution in [3.05, 3.63) is 65.8 Å². The molecule has 5 rings (SSSR count). The molecule has 0 N–H and O–H groups in total. The maximum atomic E-state index is 14.8. The molecule has 1 unspecified atom stereocenters. The maximum Gasteiger partial charge on any atom is 0.201 e. The van der Waals surface area contributed by atoms with Gasteiger partial charge in [0.1, 0.15) is 6.10 Å². The summed E-state index contributed by atoms with van der Waals surface area (Å²) in [6.07, 6.45) is 11.0. The van der Waals surface area contributed by atoms with Gasteiger partial charge in [0.2, 0.25) is 5.82 Å². The van der Waals surface area contributed by atoms with Crippen LogP contribution in [-0.2, 0) is 4.74 Å². The van der Waals surface area contributed by atoms with Gasteiger partial charge in [0, 0.05) is 16.7 Å². The Hall–Kier alpha value is -2.34. The van der Waals surface area contributed by atoms with Crippen molar-refractivity contribution >= 4 is 0 Å². The first kappa shape index (κ1) is 24.4. The van der Waals surface area contributed by atoms with Crippen molar-refractivity contribution in [3.8, 4) is 16.9 Å². The second kappa shape index (κ2) is 10.3. The zero-order valence-electron chi connectivity index (χ0n) is 19.9. The van der Waals surface area contributed by atoms with E-state index in [1.807, 2.05) is 0 Å². The molecule has 35 heavy (non-hydrogen) atoms. The van der Waals surface area contributed by atoms with E-state index in [9.17, 15) is 17.6 Å². The van der Waals surface area contributed by atoms with Crippen LogP contribution < -0.4 is 4.74 Å². The van der Waals surface area contributed by atoms with Crippen molar-refractivity contribution < 1.29 is 27.0 Å². The standard InChI is InChI=1S/C29H32F4O2/c1-2-17-3-7-19(8-4-17)20-9-5-18(6-10-20)15-34-24-14-13-22(27(31)29(24)33)21-11-12-23(25-16-35-25)28(32)26(21)30/h2,11-14,17-20,25H,1,3-10,15-16H2. The Labute approximate surface area is 204 Å². The summed E-state index contributed by atoms with van der Waals surface area (Å²) < 4.78 is 69.2. The Bertz CT molecular complexity index is 1060. The minimum absolute atomic E-state index is 0.0891. The number of halogens is 4. The van der Waals surface area contributed by atoms with Gasteiger partial charge in [-0.1, -0.05) is 18.2 Å². The minimum Gasteiger partial charge on any atom is -0.490 e. The third-order valence-corrected chi connectivity index (χ3v) is 8.31. The van der Waals surface area contributed by atoms with Crippen LogP contribution in [-0.4, -0.2) is 13.2 Å². The molecule has 0 bridgehead atoms. The summed E-state index contributed by atoms with van der Waals surface area (Å²) in [6.45, 7) is 4.57. The van der Waals surface area contributed by atoms with Crippen LogP contribution in [0.1, 0.15) is 63.0 Å². The van der Waals surface area contributed by atoms with Gasteiger partial charge in [-0.2, -0.15) is 4.39 Å². The number of rotatable bonds is 7. The average Bonchev–Trinajstić information content (AvgIpc) is 3.73. The van der Waals surface area contributed by atoms with Gasteiger partial charge in [-0.3, -0.25) is 0 Å². The zero-order valence-corrected chi connectivity index (χ0v) is 19.9. The van der Waals surface area contributed by atoms with Crippen molar-refractivity contribution in [1.29, 1.82) is 0 Å². The summed E-state index contributed by atoms with van der Waals surface area (Å²) in [5.74, 6) is -2.39. The van der Waals surface area contributed by atoms with Crippen LogP contribution in [0.5, 0.6) is 5.75 Å². The molecular formula is C29H32F4O2. The molecule has 2 aromatic carbocycles. The van der Waals surface area contributed by atoms with Crippen LogP contribution in [0.3, 0.4) is 0 Å². The molecule has 0 aromatic heterocycles. The van der Waals surface area contributed by atoms with E-state index in [1.165, 1.54) is 49.9 Å². The summed E-state index contributed by atoms with van der Waals surface area (Å²) >= 11 is 0.